The largest absolute Gasteiger partial charge is 0.309 e. The number of halogens is 1. The molecule has 1 atom stereocenters. The fourth-order valence-corrected chi connectivity index (χ4v) is 3.91. The summed E-state index contributed by atoms with van der Waals surface area (Å²) in [7, 11) is 0. The Labute approximate surface area is 148 Å². The van der Waals surface area contributed by atoms with Gasteiger partial charge in [0.1, 0.15) is 0 Å². The maximum absolute atomic E-state index is 6.39. The van der Waals surface area contributed by atoms with E-state index >= 15 is 0 Å². The van der Waals surface area contributed by atoms with Crippen LogP contribution in [0, 0.1) is 0 Å². The van der Waals surface area contributed by atoms with Crippen LogP contribution in [0.1, 0.15) is 17.5 Å². The second-order valence-electron chi connectivity index (χ2n) is 6.52. The van der Waals surface area contributed by atoms with E-state index in [9.17, 15) is 0 Å². The molecule has 0 amide bonds. The Morgan fingerprint density at radius 1 is 1.00 bits per heavy atom. The molecule has 2 aromatic carbocycles. The number of hydrogen-bond donors (Lipinski definition) is 1. The van der Waals surface area contributed by atoms with Crippen molar-refractivity contribution in [3.63, 3.8) is 0 Å². The average Bonchev–Trinajstić information content (AvgIpc) is 2.62. The van der Waals surface area contributed by atoms with Gasteiger partial charge in [-0.15, -0.1) is 0 Å². The van der Waals surface area contributed by atoms with Crippen molar-refractivity contribution in [3.8, 4) is 0 Å². The van der Waals surface area contributed by atoms with Crippen LogP contribution in [0.4, 0.5) is 0 Å². The SMILES string of the molecule is ClN1C=C(c2ccccc2)C2=C(CC(Cc3ccccc3)NC2)C1. The highest BCUT2D eigenvalue weighted by Crippen LogP contribution is 2.35. The van der Waals surface area contributed by atoms with Gasteiger partial charge in [-0.05, 0) is 35.1 Å². The van der Waals surface area contributed by atoms with Gasteiger partial charge >= 0.3 is 0 Å². The number of nitrogens with zero attached hydrogens (tertiary/aromatic N) is 1. The Kier molecular flexibility index (Phi) is 4.42. The van der Waals surface area contributed by atoms with Crippen molar-refractivity contribution in [2.45, 2.75) is 18.9 Å². The number of hydrogen-bond acceptors (Lipinski definition) is 2. The summed E-state index contributed by atoms with van der Waals surface area (Å²) in [4.78, 5) is 0. The smallest absolute Gasteiger partial charge is 0.0559 e. The zero-order valence-electron chi connectivity index (χ0n) is 13.6. The summed E-state index contributed by atoms with van der Waals surface area (Å²) >= 11 is 6.39. The molecule has 2 nitrogen and oxygen atoms in total. The molecule has 2 aliphatic rings. The lowest BCUT2D eigenvalue weighted by Crippen LogP contribution is -2.40. The van der Waals surface area contributed by atoms with Crippen LogP contribution in [0.15, 0.2) is 78.0 Å². The first-order valence-corrected chi connectivity index (χ1v) is 8.81. The summed E-state index contributed by atoms with van der Waals surface area (Å²) in [5.74, 6) is 0. The van der Waals surface area contributed by atoms with E-state index in [2.05, 4.69) is 72.2 Å². The number of rotatable bonds is 3. The minimum Gasteiger partial charge on any atom is -0.309 e. The van der Waals surface area contributed by atoms with Crippen LogP contribution in [0.2, 0.25) is 0 Å². The summed E-state index contributed by atoms with van der Waals surface area (Å²) in [6, 6.07) is 21.7. The molecule has 0 radical (unpaired) electrons. The molecule has 0 aliphatic carbocycles. The highest BCUT2D eigenvalue weighted by atomic mass is 35.5. The van der Waals surface area contributed by atoms with Crippen molar-refractivity contribution in [3.05, 3.63) is 89.1 Å². The minimum absolute atomic E-state index is 0.478. The van der Waals surface area contributed by atoms with Crippen LogP contribution in [0.5, 0.6) is 0 Å². The molecule has 0 fully saturated rings. The summed E-state index contributed by atoms with van der Waals surface area (Å²) < 4.78 is 1.80. The summed E-state index contributed by atoms with van der Waals surface area (Å²) in [6.45, 7) is 1.73. The third-order valence-corrected chi connectivity index (χ3v) is 5.05. The molecule has 1 unspecified atom stereocenters. The van der Waals surface area contributed by atoms with E-state index in [-0.39, 0.29) is 0 Å². The van der Waals surface area contributed by atoms with Gasteiger partial charge in [0.05, 0.1) is 6.54 Å². The fraction of sp³-hybridized carbons (Fsp3) is 0.238. The van der Waals surface area contributed by atoms with E-state index in [1.165, 1.54) is 27.8 Å². The van der Waals surface area contributed by atoms with Crippen molar-refractivity contribution in [2.24, 2.45) is 0 Å². The van der Waals surface area contributed by atoms with Crippen LogP contribution < -0.4 is 5.32 Å². The van der Waals surface area contributed by atoms with Crippen molar-refractivity contribution >= 4 is 17.3 Å². The monoisotopic (exact) mass is 336 g/mol. The number of nitrogens with one attached hydrogen (secondary N) is 1. The maximum atomic E-state index is 6.39. The molecule has 2 aliphatic heterocycles. The van der Waals surface area contributed by atoms with Crippen LogP contribution in [0.25, 0.3) is 5.57 Å². The van der Waals surface area contributed by atoms with Gasteiger partial charge in [0.2, 0.25) is 0 Å². The van der Waals surface area contributed by atoms with Crippen molar-refractivity contribution in [1.82, 2.24) is 9.74 Å². The normalized spacial score (nSPS) is 20.6. The van der Waals surface area contributed by atoms with E-state index < -0.39 is 0 Å². The van der Waals surface area contributed by atoms with Gasteiger partial charge in [-0.25, -0.2) is 0 Å². The minimum atomic E-state index is 0.478. The van der Waals surface area contributed by atoms with Gasteiger partial charge in [0, 0.05) is 36.1 Å². The molecule has 3 heteroatoms. The molecule has 0 saturated carbocycles. The second kappa shape index (κ2) is 6.84. The van der Waals surface area contributed by atoms with E-state index in [1.807, 2.05) is 0 Å². The predicted octanol–water partition coefficient (Wildman–Crippen LogP) is 4.40. The van der Waals surface area contributed by atoms with E-state index in [0.717, 1.165) is 25.9 Å². The second-order valence-corrected chi connectivity index (χ2v) is 6.95. The van der Waals surface area contributed by atoms with Gasteiger partial charge in [-0.2, -0.15) is 0 Å². The molecule has 0 spiro atoms. The highest BCUT2D eigenvalue weighted by molar-refractivity contribution is 6.15. The van der Waals surface area contributed by atoms with Gasteiger partial charge in [-0.3, -0.25) is 4.42 Å². The standard InChI is InChI=1S/C21H21ClN2/c22-24-14-18-12-19(11-16-7-3-1-4-8-16)23-13-20(18)21(15-24)17-9-5-2-6-10-17/h1-10,15,19,23H,11-14H2. The maximum Gasteiger partial charge on any atom is 0.0559 e. The van der Waals surface area contributed by atoms with E-state index in [1.54, 1.807) is 4.42 Å². The van der Waals surface area contributed by atoms with Crippen LogP contribution >= 0.6 is 11.8 Å². The van der Waals surface area contributed by atoms with Gasteiger partial charge in [-0.1, -0.05) is 60.7 Å². The highest BCUT2D eigenvalue weighted by Gasteiger charge is 2.27. The Morgan fingerprint density at radius 2 is 1.71 bits per heavy atom. The molecular weight excluding hydrogens is 316 g/mol. The van der Waals surface area contributed by atoms with E-state index in [0.29, 0.717) is 6.04 Å². The molecule has 122 valence electrons. The Morgan fingerprint density at radius 3 is 2.46 bits per heavy atom. The first kappa shape index (κ1) is 15.5. The zero-order valence-corrected chi connectivity index (χ0v) is 14.3. The average molecular weight is 337 g/mol. The number of benzene rings is 2. The Balaban J connectivity index is 1.57. The topological polar surface area (TPSA) is 15.3 Å². The molecule has 0 bridgehead atoms. The van der Waals surface area contributed by atoms with Gasteiger partial charge < -0.3 is 5.32 Å². The molecule has 24 heavy (non-hydrogen) atoms. The summed E-state index contributed by atoms with van der Waals surface area (Å²) in [5.41, 5.74) is 6.75. The molecule has 2 aromatic rings. The molecule has 4 rings (SSSR count). The zero-order chi connectivity index (χ0) is 16.4. The van der Waals surface area contributed by atoms with Crippen LogP contribution in [0.3, 0.4) is 0 Å². The Hall–Kier alpha value is -2.03. The van der Waals surface area contributed by atoms with Gasteiger partial charge in [0.15, 0.2) is 0 Å². The Bertz CT molecular complexity index is 765. The molecular formula is C21H21ClN2. The third kappa shape index (κ3) is 3.26. The first-order chi connectivity index (χ1) is 11.8. The molecule has 2 heterocycles. The third-order valence-electron chi connectivity index (χ3n) is 4.83. The first-order valence-electron chi connectivity index (χ1n) is 8.48. The van der Waals surface area contributed by atoms with Crippen molar-refractivity contribution in [1.29, 1.82) is 0 Å². The van der Waals surface area contributed by atoms with E-state index in [4.69, 9.17) is 11.8 Å². The predicted molar refractivity (Wildman–Crippen MR) is 101 cm³/mol. The van der Waals surface area contributed by atoms with Crippen molar-refractivity contribution < 1.29 is 0 Å². The van der Waals surface area contributed by atoms with Crippen molar-refractivity contribution in [2.75, 3.05) is 13.1 Å². The summed E-state index contributed by atoms with van der Waals surface area (Å²) in [5, 5.41) is 3.72. The fourth-order valence-electron chi connectivity index (χ4n) is 3.67. The van der Waals surface area contributed by atoms with Crippen LogP contribution in [-0.4, -0.2) is 23.6 Å². The quantitative estimate of drug-likeness (QED) is 0.836. The lowest BCUT2D eigenvalue weighted by Gasteiger charge is -2.34. The molecule has 1 N–H and O–H groups in total. The molecule has 0 saturated heterocycles. The van der Waals surface area contributed by atoms with Gasteiger partial charge in [0.25, 0.3) is 0 Å². The lowest BCUT2D eigenvalue weighted by molar-refractivity contribution is 0.476. The lowest BCUT2D eigenvalue weighted by atomic mass is 9.85. The summed E-state index contributed by atoms with van der Waals surface area (Å²) in [6.07, 6.45) is 4.18. The van der Waals surface area contributed by atoms with Crippen LogP contribution in [-0.2, 0) is 6.42 Å². The molecule has 0 aromatic heterocycles.